The van der Waals surface area contributed by atoms with Gasteiger partial charge in [-0.05, 0) is 37.0 Å². The molecule has 5 heteroatoms. The first-order chi connectivity index (χ1) is 12.3. The average Bonchev–Trinajstić information content (AvgIpc) is 2.64. The zero-order valence-electron chi connectivity index (χ0n) is 14.8. The lowest BCUT2D eigenvalue weighted by molar-refractivity contribution is 0.145. The molecule has 1 aromatic heterocycles. The van der Waals surface area contributed by atoms with Crippen molar-refractivity contribution in [2.45, 2.75) is 31.4 Å². The molecule has 0 aliphatic carbocycles. The van der Waals surface area contributed by atoms with E-state index < -0.39 is 0 Å². The molecule has 0 spiro atoms. The SMILES string of the molecule is COCC(Cc1ccccc1)Nc1cccnc1N1CCC(O)CC1. The van der Waals surface area contributed by atoms with Gasteiger partial charge in [0.2, 0.25) is 0 Å². The van der Waals surface area contributed by atoms with Gasteiger partial charge in [-0.25, -0.2) is 4.98 Å². The second kappa shape index (κ2) is 8.83. The van der Waals surface area contributed by atoms with Crippen LogP contribution in [0.25, 0.3) is 0 Å². The van der Waals surface area contributed by atoms with Crippen molar-refractivity contribution < 1.29 is 9.84 Å². The van der Waals surface area contributed by atoms with Crippen LogP contribution in [0.5, 0.6) is 0 Å². The summed E-state index contributed by atoms with van der Waals surface area (Å²) in [6.45, 7) is 2.29. The summed E-state index contributed by atoms with van der Waals surface area (Å²) in [6.07, 6.45) is 4.12. The first-order valence-electron chi connectivity index (χ1n) is 8.93. The van der Waals surface area contributed by atoms with Gasteiger partial charge in [0.05, 0.1) is 24.4 Å². The normalized spacial score (nSPS) is 16.6. The van der Waals surface area contributed by atoms with Crippen molar-refractivity contribution >= 4 is 11.5 Å². The second-order valence-electron chi connectivity index (χ2n) is 6.58. The standard InChI is InChI=1S/C20H27N3O2/c1-25-15-17(14-16-6-3-2-4-7-16)22-19-8-5-11-21-20(19)23-12-9-18(24)10-13-23/h2-8,11,17-18,22,24H,9-10,12-15H2,1H3. The van der Waals surface area contributed by atoms with E-state index in [0.29, 0.717) is 6.61 Å². The van der Waals surface area contributed by atoms with Crippen LogP contribution in [0, 0.1) is 0 Å². The Morgan fingerprint density at radius 2 is 1.96 bits per heavy atom. The van der Waals surface area contributed by atoms with Gasteiger partial charge in [0.15, 0.2) is 5.82 Å². The van der Waals surface area contributed by atoms with E-state index in [4.69, 9.17) is 4.74 Å². The molecule has 25 heavy (non-hydrogen) atoms. The van der Waals surface area contributed by atoms with E-state index in [2.05, 4.69) is 45.5 Å². The smallest absolute Gasteiger partial charge is 0.151 e. The fourth-order valence-electron chi connectivity index (χ4n) is 3.31. The van der Waals surface area contributed by atoms with Gasteiger partial charge in [-0.2, -0.15) is 0 Å². The van der Waals surface area contributed by atoms with Gasteiger partial charge in [0, 0.05) is 26.4 Å². The van der Waals surface area contributed by atoms with E-state index >= 15 is 0 Å². The molecule has 0 bridgehead atoms. The number of aliphatic hydroxyl groups excluding tert-OH is 1. The number of ether oxygens (including phenoxy) is 1. The lowest BCUT2D eigenvalue weighted by Gasteiger charge is -2.32. The summed E-state index contributed by atoms with van der Waals surface area (Å²) >= 11 is 0. The van der Waals surface area contributed by atoms with E-state index in [-0.39, 0.29) is 12.1 Å². The summed E-state index contributed by atoms with van der Waals surface area (Å²) in [6, 6.07) is 14.6. The maximum absolute atomic E-state index is 9.74. The number of aromatic nitrogens is 1. The molecule has 1 aromatic carbocycles. The fraction of sp³-hybridized carbons (Fsp3) is 0.450. The molecule has 0 radical (unpaired) electrons. The van der Waals surface area contributed by atoms with Gasteiger partial charge in [-0.1, -0.05) is 30.3 Å². The molecular formula is C20H27N3O2. The Morgan fingerprint density at radius 1 is 1.20 bits per heavy atom. The summed E-state index contributed by atoms with van der Waals surface area (Å²) < 4.78 is 5.42. The number of nitrogens with zero attached hydrogens (tertiary/aromatic N) is 2. The van der Waals surface area contributed by atoms with Crippen LogP contribution in [0.3, 0.4) is 0 Å². The predicted molar refractivity (Wildman–Crippen MR) is 101 cm³/mol. The van der Waals surface area contributed by atoms with Crippen LogP contribution < -0.4 is 10.2 Å². The minimum absolute atomic E-state index is 0.172. The van der Waals surface area contributed by atoms with E-state index in [1.54, 1.807) is 7.11 Å². The molecule has 5 nitrogen and oxygen atoms in total. The Bertz CT molecular complexity index is 642. The maximum Gasteiger partial charge on any atom is 0.151 e. The number of nitrogens with one attached hydrogen (secondary N) is 1. The summed E-state index contributed by atoms with van der Waals surface area (Å²) in [5.74, 6) is 0.962. The van der Waals surface area contributed by atoms with Crippen molar-refractivity contribution in [3.05, 3.63) is 54.2 Å². The molecule has 2 heterocycles. The first kappa shape index (κ1) is 17.7. The molecule has 1 unspecified atom stereocenters. The van der Waals surface area contributed by atoms with Crippen LogP contribution in [-0.4, -0.2) is 49.0 Å². The number of aliphatic hydroxyl groups is 1. The highest BCUT2D eigenvalue weighted by Crippen LogP contribution is 2.27. The third kappa shape index (κ3) is 4.94. The van der Waals surface area contributed by atoms with E-state index in [1.807, 2.05) is 18.3 Å². The minimum atomic E-state index is -0.185. The molecule has 1 aliphatic heterocycles. The Balaban J connectivity index is 1.73. The molecule has 1 aliphatic rings. The van der Waals surface area contributed by atoms with E-state index in [9.17, 15) is 5.11 Å². The number of hydrogen-bond donors (Lipinski definition) is 2. The summed E-state index contributed by atoms with van der Waals surface area (Å²) in [5.41, 5.74) is 2.31. The molecular weight excluding hydrogens is 314 g/mol. The summed E-state index contributed by atoms with van der Waals surface area (Å²) in [5, 5.41) is 13.4. The quantitative estimate of drug-likeness (QED) is 0.811. The van der Waals surface area contributed by atoms with Crippen molar-refractivity contribution in [3.63, 3.8) is 0 Å². The highest BCUT2D eigenvalue weighted by Gasteiger charge is 2.21. The molecule has 1 atom stereocenters. The zero-order chi connectivity index (χ0) is 17.5. The van der Waals surface area contributed by atoms with Crippen molar-refractivity contribution in [2.24, 2.45) is 0 Å². The van der Waals surface area contributed by atoms with Crippen molar-refractivity contribution in [2.75, 3.05) is 37.0 Å². The molecule has 2 aromatic rings. The Kier molecular flexibility index (Phi) is 6.25. The van der Waals surface area contributed by atoms with Gasteiger partial charge < -0.3 is 20.1 Å². The number of piperidine rings is 1. The minimum Gasteiger partial charge on any atom is -0.393 e. The molecule has 134 valence electrons. The van der Waals surface area contributed by atoms with Gasteiger partial charge in [0.25, 0.3) is 0 Å². The second-order valence-corrected chi connectivity index (χ2v) is 6.58. The zero-order valence-corrected chi connectivity index (χ0v) is 14.8. The predicted octanol–water partition coefficient (Wildman–Crippen LogP) is 2.71. The third-order valence-electron chi connectivity index (χ3n) is 4.60. The van der Waals surface area contributed by atoms with E-state index in [0.717, 1.165) is 43.9 Å². The summed E-state index contributed by atoms with van der Waals surface area (Å²) in [7, 11) is 1.73. The van der Waals surface area contributed by atoms with E-state index in [1.165, 1.54) is 5.56 Å². The highest BCUT2D eigenvalue weighted by molar-refractivity contribution is 5.66. The van der Waals surface area contributed by atoms with Gasteiger partial charge in [-0.15, -0.1) is 0 Å². The van der Waals surface area contributed by atoms with Crippen molar-refractivity contribution in [1.82, 2.24) is 4.98 Å². The summed E-state index contributed by atoms with van der Waals surface area (Å²) in [4.78, 5) is 6.84. The largest absolute Gasteiger partial charge is 0.393 e. The molecule has 1 fully saturated rings. The van der Waals surface area contributed by atoms with Crippen LogP contribution >= 0.6 is 0 Å². The monoisotopic (exact) mass is 341 g/mol. The Labute approximate surface area is 149 Å². The Hall–Kier alpha value is -2.11. The van der Waals surface area contributed by atoms with Crippen LogP contribution in [0.4, 0.5) is 11.5 Å². The van der Waals surface area contributed by atoms with Crippen LogP contribution in [0.15, 0.2) is 48.7 Å². The van der Waals surface area contributed by atoms with Crippen LogP contribution in [0.1, 0.15) is 18.4 Å². The topological polar surface area (TPSA) is 57.6 Å². The van der Waals surface area contributed by atoms with Gasteiger partial charge in [-0.3, -0.25) is 0 Å². The van der Waals surface area contributed by atoms with Gasteiger partial charge in [0.1, 0.15) is 0 Å². The number of pyridine rings is 1. The highest BCUT2D eigenvalue weighted by atomic mass is 16.5. The number of methoxy groups -OCH3 is 1. The Morgan fingerprint density at radius 3 is 2.68 bits per heavy atom. The maximum atomic E-state index is 9.74. The number of rotatable bonds is 7. The van der Waals surface area contributed by atoms with Crippen LogP contribution in [-0.2, 0) is 11.2 Å². The van der Waals surface area contributed by atoms with Crippen molar-refractivity contribution in [3.8, 4) is 0 Å². The number of hydrogen-bond acceptors (Lipinski definition) is 5. The lowest BCUT2D eigenvalue weighted by atomic mass is 10.1. The number of anilines is 2. The van der Waals surface area contributed by atoms with Crippen LogP contribution in [0.2, 0.25) is 0 Å². The molecule has 0 saturated carbocycles. The molecule has 1 saturated heterocycles. The third-order valence-corrected chi connectivity index (χ3v) is 4.60. The van der Waals surface area contributed by atoms with Crippen molar-refractivity contribution in [1.29, 1.82) is 0 Å². The molecule has 3 rings (SSSR count). The van der Waals surface area contributed by atoms with Gasteiger partial charge >= 0.3 is 0 Å². The average molecular weight is 341 g/mol. The number of benzene rings is 1. The first-order valence-corrected chi connectivity index (χ1v) is 8.93. The lowest BCUT2D eigenvalue weighted by Crippen LogP contribution is -2.37. The molecule has 0 amide bonds. The fourth-order valence-corrected chi connectivity index (χ4v) is 3.31. The molecule has 2 N–H and O–H groups in total.